The van der Waals surface area contributed by atoms with Crippen LogP contribution in [0.2, 0.25) is 0 Å². The predicted molar refractivity (Wildman–Crippen MR) is 82.6 cm³/mol. The van der Waals surface area contributed by atoms with Crippen LogP contribution in [0, 0.1) is 6.92 Å². The van der Waals surface area contributed by atoms with E-state index in [9.17, 15) is 4.79 Å². The number of carbonyl (C=O) groups is 1. The van der Waals surface area contributed by atoms with Crippen molar-refractivity contribution >= 4 is 17.3 Å². The fourth-order valence-electron chi connectivity index (χ4n) is 1.84. The summed E-state index contributed by atoms with van der Waals surface area (Å²) in [7, 11) is 1.95. The lowest BCUT2D eigenvalue weighted by Crippen LogP contribution is -2.33. The van der Waals surface area contributed by atoms with Gasteiger partial charge in [-0.1, -0.05) is 6.07 Å². The molecule has 0 aromatic heterocycles. The predicted octanol–water partition coefficient (Wildman–Crippen LogP) is 1.61. The highest BCUT2D eigenvalue weighted by Crippen LogP contribution is 2.18. The van der Waals surface area contributed by atoms with Crippen molar-refractivity contribution in [2.75, 3.05) is 31.2 Å². The van der Waals surface area contributed by atoms with Gasteiger partial charge in [0.2, 0.25) is 5.91 Å². The van der Waals surface area contributed by atoms with Crippen LogP contribution in [-0.4, -0.2) is 42.2 Å². The number of carbonyl (C=O) groups excluding carboxylic acids is 1. The number of amides is 1. The number of hydrogen-bond acceptors (Lipinski definition) is 4. The van der Waals surface area contributed by atoms with Crippen LogP contribution in [0.25, 0.3) is 0 Å². The van der Waals surface area contributed by atoms with E-state index in [4.69, 9.17) is 10.8 Å². The molecule has 0 aliphatic rings. The smallest absolute Gasteiger partial charge is 0.224 e. The molecule has 5 heteroatoms. The van der Waals surface area contributed by atoms with Gasteiger partial charge in [-0.05, 0) is 51.6 Å². The molecule has 112 valence electrons. The summed E-state index contributed by atoms with van der Waals surface area (Å²) in [6.07, 6.45) is 1.21. The zero-order valence-electron chi connectivity index (χ0n) is 12.5. The molecule has 0 aliphatic heterocycles. The van der Waals surface area contributed by atoms with Crippen LogP contribution in [0.1, 0.15) is 25.3 Å². The molecule has 5 nitrogen and oxygen atoms in total. The molecule has 0 saturated carbocycles. The number of aryl methyl sites for hydroxylation is 1. The van der Waals surface area contributed by atoms with Crippen molar-refractivity contribution in [1.29, 1.82) is 0 Å². The molecule has 0 spiro atoms. The van der Waals surface area contributed by atoms with Crippen molar-refractivity contribution in [2.45, 2.75) is 32.7 Å². The van der Waals surface area contributed by atoms with E-state index >= 15 is 0 Å². The molecular weight excluding hydrogens is 254 g/mol. The van der Waals surface area contributed by atoms with Gasteiger partial charge in [0.05, 0.1) is 6.61 Å². The lowest BCUT2D eigenvalue weighted by atomic mass is 10.1. The number of nitrogen functional groups attached to an aromatic ring is 1. The van der Waals surface area contributed by atoms with Gasteiger partial charge >= 0.3 is 0 Å². The van der Waals surface area contributed by atoms with Gasteiger partial charge in [0.25, 0.3) is 0 Å². The number of likely N-dealkylation sites (N-methyl/N-ethyl adjacent to an activating group) is 1. The first kappa shape index (κ1) is 16.5. The first-order valence-corrected chi connectivity index (χ1v) is 6.91. The van der Waals surface area contributed by atoms with Crippen LogP contribution in [0.4, 0.5) is 11.4 Å². The van der Waals surface area contributed by atoms with E-state index in [1.807, 2.05) is 37.9 Å². The van der Waals surface area contributed by atoms with Gasteiger partial charge in [0, 0.05) is 23.8 Å². The first-order valence-electron chi connectivity index (χ1n) is 6.91. The van der Waals surface area contributed by atoms with Gasteiger partial charge < -0.3 is 21.1 Å². The Bertz CT molecular complexity index is 449. The Morgan fingerprint density at radius 2 is 2.20 bits per heavy atom. The molecule has 20 heavy (non-hydrogen) atoms. The Hall–Kier alpha value is -1.59. The van der Waals surface area contributed by atoms with Gasteiger partial charge in [0.1, 0.15) is 0 Å². The summed E-state index contributed by atoms with van der Waals surface area (Å²) in [6, 6.07) is 5.60. The highest BCUT2D eigenvalue weighted by Gasteiger charge is 2.09. The zero-order chi connectivity index (χ0) is 15.1. The maximum atomic E-state index is 11.9. The number of rotatable bonds is 7. The zero-order valence-corrected chi connectivity index (χ0v) is 12.5. The fraction of sp³-hybridized carbons (Fsp3) is 0.533. The first-order chi connectivity index (χ1) is 9.43. The second-order valence-corrected chi connectivity index (χ2v) is 5.24. The minimum Gasteiger partial charge on any atom is -0.399 e. The van der Waals surface area contributed by atoms with E-state index in [0.29, 0.717) is 12.1 Å². The molecule has 1 rings (SSSR count). The third kappa shape index (κ3) is 5.19. The topological polar surface area (TPSA) is 78.6 Å². The van der Waals surface area contributed by atoms with Gasteiger partial charge in [-0.25, -0.2) is 0 Å². The summed E-state index contributed by atoms with van der Waals surface area (Å²) >= 11 is 0. The lowest BCUT2D eigenvalue weighted by molar-refractivity contribution is -0.116. The quantitative estimate of drug-likeness (QED) is 0.663. The molecule has 1 unspecified atom stereocenters. The maximum Gasteiger partial charge on any atom is 0.224 e. The highest BCUT2D eigenvalue weighted by molar-refractivity contribution is 5.91. The number of hydrogen-bond donors (Lipinski definition) is 3. The van der Waals surface area contributed by atoms with Gasteiger partial charge in [0.15, 0.2) is 0 Å². The Kier molecular flexibility index (Phi) is 6.48. The number of aliphatic hydroxyl groups is 1. The molecule has 1 aromatic carbocycles. The Morgan fingerprint density at radius 1 is 1.50 bits per heavy atom. The highest BCUT2D eigenvalue weighted by atomic mass is 16.3. The number of benzene rings is 1. The average molecular weight is 279 g/mol. The summed E-state index contributed by atoms with van der Waals surface area (Å²) in [6.45, 7) is 4.80. The Morgan fingerprint density at radius 3 is 2.85 bits per heavy atom. The van der Waals surface area contributed by atoms with Crippen LogP contribution in [-0.2, 0) is 4.79 Å². The van der Waals surface area contributed by atoms with Crippen LogP contribution < -0.4 is 11.1 Å². The largest absolute Gasteiger partial charge is 0.399 e. The SMILES string of the molecule is Cc1ccc(N)cc1NC(=O)CCCN(C)C(C)CO. The number of nitrogens with one attached hydrogen (secondary N) is 1. The molecule has 1 amide bonds. The number of nitrogens with two attached hydrogens (primary N) is 1. The van der Waals surface area contributed by atoms with Crippen molar-refractivity contribution < 1.29 is 9.90 Å². The minimum atomic E-state index is -0.0104. The molecule has 0 heterocycles. The van der Waals surface area contributed by atoms with Crippen molar-refractivity contribution in [3.05, 3.63) is 23.8 Å². The van der Waals surface area contributed by atoms with Crippen LogP contribution in [0.5, 0.6) is 0 Å². The molecule has 1 aromatic rings. The van der Waals surface area contributed by atoms with E-state index in [-0.39, 0.29) is 18.6 Å². The normalized spacial score (nSPS) is 12.4. The van der Waals surface area contributed by atoms with E-state index in [1.54, 1.807) is 6.07 Å². The lowest BCUT2D eigenvalue weighted by Gasteiger charge is -2.22. The van der Waals surface area contributed by atoms with E-state index in [1.165, 1.54) is 0 Å². The second kappa shape index (κ2) is 7.87. The van der Waals surface area contributed by atoms with E-state index in [0.717, 1.165) is 24.2 Å². The van der Waals surface area contributed by atoms with E-state index in [2.05, 4.69) is 5.32 Å². The number of nitrogens with zero attached hydrogens (tertiary/aromatic N) is 1. The molecule has 1 atom stereocenters. The Balaban J connectivity index is 2.39. The van der Waals surface area contributed by atoms with Crippen LogP contribution in [0.3, 0.4) is 0 Å². The van der Waals surface area contributed by atoms with Crippen molar-refractivity contribution in [1.82, 2.24) is 4.90 Å². The van der Waals surface area contributed by atoms with Gasteiger partial charge in [-0.3, -0.25) is 4.79 Å². The molecular formula is C15H25N3O2. The third-order valence-electron chi connectivity index (χ3n) is 3.47. The summed E-state index contributed by atoms with van der Waals surface area (Å²) in [5.41, 5.74) is 8.12. The number of aliphatic hydroxyl groups excluding tert-OH is 1. The summed E-state index contributed by atoms with van der Waals surface area (Å²) in [5.74, 6) is -0.0104. The summed E-state index contributed by atoms with van der Waals surface area (Å²) in [5, 5.41) is 11.9. The van der Waals surface area contributed by atoms with Crippen molar-refractivity contribution in [3.8, 4) is 0 Å². The molecule has 0 fully saturated rings. The summed E-state index contributed by atoms with van der Waals surface area (Å²) in [4.78, 5) is 13.9. The van der Waals surface area contributed by atoms with Crippen LogP contribution >= 0.6 is 0 Å². The van der Waals surface area contributed by atoms with Crippen LogP contribution in [0.15, 0.2) is 18.2 Å². The monoisotopic (exact) mass is 279 g/mol. The van der Waals surface area contributed by atoms with Crippen molar-refractivity contribution in [3.63, 3.8) is 0 Å². The third-order valence-corrected chi connectivity index (χ3v) is 3.47. The van der Waals surface area contributed by atoms with E-state index < -0.39 is 0 Å². The number of anilines is 2. The second-order valence-electron chi connectivity index (χ2n) is 5.24. The molecule has 4 N–H and O–H groups in total. The van der Waals surface area contributed by atoms with Crippen molar-refractivity contribution in [2.24, 2.45) is 0 Å². The standard InChI is InChI=1S/C15H25N3O2/c1-11-6-7-13(16)9-14(11)17-15(20)5-4-8-18(3)12(2)10-19/h6-7,9,12,19H,4-5,8,10,16H2,1-3H3,(H,17,20). The van der Waals surface area contributed by atoms with Gasteiger partial charge in [-0.15, -0.1) is 0 Å². The molecule has 0 bridgehead atoms. The average Bonchev–Trinajstić information content (AvgIpc) is 2.41. The molecule has 0 aliphatic carbocycles. The fourth-order valence-corrected chi connectivity index (χ4v) is 1.84. The molecule has 0 radical (unpaired) electrons. The molecule has 0 saturated heterocycles. The van der Waals surface area contributed by atoms with Gasteiger partial charge in [-0.2, -0.15) is 0 Å². The Labute approximate surface area is 120 Å². The summed E-state index contributed by atoms with van der Waals surface area (Å²) < 4.78 is 0. The minimum absolute atomic E-state index is 0.0104. The maximum absolute atomic E-state index is 11.9.